The molecule has 0 amide bonds. The molecule has 0 atom stereocenters. The molecule has 0 radical (unpaired) electrons. The zero-order valence-electron chi connectivity index (χ0n) is 9.17. The Morgan fingerprint density at radius 3 is 2.40 bits per heavy atom. The van der Waals surface area contributed by atoms with Gasteiger partial charge in [-0.1, -0.05) is 25.4 Å². The highest BCUT2D eigenvalue weighted by molar-refractivity contribution is 7.18. The second-order valence-electron chi connectivity index (χ2n) is 3.34. The average Bonchev–Trinajstić information content (AvgIpc) is 2.68. The zero-order valence-corrected chi connectivity index (χ0v) is 10.7. The number of rotatable bonds is 5. The summed E-state index contributed by atoms with van der Waals surface area (Å²) >= 11 is 7.11. The molecule has 4 heteroatoms. The monoisotopic (exact) mass is 246 g/mol. The summed E-state index contributed by atoms with van der Waals surface area (Å²) in [7, 11) is 1.58. The standard InChI is InChI=1S/C11H15ClO2S/c1-4-11(5-2,14-3)10(13)8-6-7-9(12)15-8/h6-7H,4-5H2,1-3H3. The van der Waals surface area contributed by atoms with Crippen molar-refractivity contribution in [3.8, 4) is 0 Å². The van der Waals surface area contributed by atoms with Gasteiger partial charge in [-0.3, -0.25) is 4.79 Å². The summed E-state index contributed by atoms with van der Waals surface area (Å²) in [4.78, 5) is 12.9. The van der Waals surface area contributed by atoms with E-state index in [1.54, 1.807) is 19.2 Å². The molecule has 0 unspecified atom stereocenters. The summed E-state index contributed by atoms with van der Waals surface area (Å²) in [6, 6.07) is 3.50. The van der Waals surface area contributed by atoms with Gasteiger partial charge in [0.15, 0.2) is 0 Å². The molecule has 2 nitrogen and oxygen atoms in total. The van der Waals surface area contributed by atoms with E-state index in [-0.39, 0.29) is 5.78 Å². The van der Waals surface area contributed by atoms with Gasteiger partial charge >= 0.3 is 0 Å². The van der Waals surface area contributed by atoms with Crippen molar-refractivity contribution in [3.63, 3.8) is 0 Å². The minimum absolute atomic E-state index is 0.0342. The highest BCUT2D eigenvalue weighted by atomic mass is 35.5. The van der Waals surface area contributed by atoms with Crippen LogP contribution in [0.2, 0.25) is 4.34 Å². The maximum atomic E-state index is 12.2. The fourth-order valence-corrected chi connectivity index (χ4v) is 2.69. The van der Waals surface area contributed by atoms with Gasteiger partial charge in [0.2, 0.25) is 5.78 Å². The second-order valence-corrected chi connectivity index (χ2v) is 5.05. The first kappa shape index (κ1) is 12.7. The lowest BCUT2D eigenvalue weighted by Gasteiger charge is -2.27. The molecule has 0 aliphatic heterocycles. The topological polar surface area (TPSA) is 26.3 Å². The van der Waals surface area contributed by atoms with Gasteiger partial charge in [0.1, 0.15) is 5.60 Å². The van der Waals surface area contributed by atoms with Crippen molar-refractivity contribution in [3.05, 3.63) is 21.3 Å². The molecule has 0 N–H and O–H groups in total. The Labute approximate surface area is 99.2 Å². The Bertz CT molecular complexity index is 334. The first-order chi connectivity index (χ1) is 7.09. The molecule has 0 saturated carbocycles. The molecule has 0 aromatic carbocycles. The minimum Gasteiger partial charge on any atom is -0.370 e. The number of Topliss-reactive ketones (excluding diaryl/α,β-unsaturated/α-hetero) is 1. The smallest absolute Gasteiger partial charge is 0.204 e. The van der Waals surface area contributed by atoms with Crippen LogP contribution in [0.3, 0.4) is 0 Å². The van der Waals surface area contributed by atoms with Crippen LogP contribution in [0, 0.1) is 0 Å². The first-order valence-corrected chi connectivity index (χ1v) is 6.14. The molecule has 15 heavy (non-hydrogen) atoms. The van der Waals surface area contributed by atoms with E-state index in [4.69, 9.17) is 16.3 Å². The van der Waals surface area contributed by atoms with E-state index in [0.29, 0.717) is 22.1 Å². The highest BCUT2D eigenvalue weighted by Gasteiger charge is 2.36. The van der Waals surface area contributed by atoms with Crippen molar-refractivity contribution in [2.75, 3.05) is 7.11 Å². The summed E-state index contributed by atoms with van der Waals surface area (Å²) in [5.41, 5.74) is -0.686. The maximum absolute atomic E-state index is 12.2. The number of ether oxygens (including phenoxy) is 1. The Hall–Kier alpha value is -0.380. The molecular formula is C11H15ClO2S. The number of halogens is 1. The molecule has 84 valence electrons. The Morgan fingerprint density at radius 2 is 2.07 bits per heavy atom. The van der Waals surface area contributed by atoms with Crippen LogP contribution in [0.1, 0.15) is 36.4 Å². The molecule has 1 heterocycles. The lowest BCUT2D eigenvalue weighted by atomic mass is 9.91. The molecular weight excluding hydrogens is 232 g/mol. The molecule has 0 bridgehead atoms. The van der Waals surface area contributed by atoms with Crippen LogP contribution in [-0.4, -0.2) is 18.5 Å². The lowest BCUT2D eigenvalue weighted by Crippen LogP contribution is -2.39. The first-order valence-electron chi connectivity index (χ1n) is 4.95. The normalized spacial score (nSPS) is 11.7. The molecule has 0 fully saturated rings. The van der Waals surface area contributed by atoms with E-state index in [9.17, 15) is 4.79 Å². The van der Waals surface area contributed by atoms with Crippen LogP contribution in [0.15, 0.2) is 12.1 Å². The summed E-state index contributed by atoms with van der Waals surface area (Å²) in [5.74, 6) is 0.0342. The van der Waals surface area contributed by atoms with Gasteiger partial charge < -0.3 is 4.74 Å². The van der Waals surface area contributed by atoms with Crippen molar-refractivity contribution < 1.29 is 9.53 Å². The third kappa shape index (κ3) is 2.41. The predicted molar refractivity (Wildman–Crippen MR) is 64.0 cm³/mol. The van der Waals surface area contributed by atoms with Gasteiger partial charge in [-0.25, -0.2) is 0 Å². The van der Waals surface area contributed by atoms with Gasteiger partial charge in [0.05, 0.1) is 9.21 Å². The second kappa shape index (κ2) is 5.10. The van der Waals surface area contributed by atoms with Crippen LogP contribution < -0.4 is 0 Å². The Balaban J connectivity index is 3.00. The predicted octanol–water partition coefficient (Wildman–Crippen LogP) is 3.79. The lowest BCUT2D eigenvalue weighted by molar-refractivity contribution is -0.00226. The zero-order chi connectivity index (χ0) is 11.5. The van der Waals surface area contributed by atoms with Gasteiger partial charge in [-0.2, -0.15) is 0 Å². The molecule has 0 saturated heterocycles. The number of hydrogen-bond donors (Lipinski definition) is 0. The Morgan fingerprint density at radius 1 is 1.47 bits per heavy atom. The molecule has 0 spiro atoms. The number of carbonyl (C=O) groups excluding carboxylic acids is 1. The molecule has 0 aliphatic rings. The highest BCUT2D eigenvalue weighted by Crippen LogP contribution is 2.30. The van der Waals surface area contributed by atoms with Crippen molar-refractivity contribution in [1.29, 1.82) is 0 Å². The van der Waals surface area contributed by atoms with Gasteiger partial charge in [-0.15, -0.1) is 11.3 Å². The van der Waals surface area contributed by atoms with E-state index in [0.717, 1.165) is 0 Å². The summed E-state index contributed by atoms with van der Waals surface area (Å²) < 4.78 is 6.01. The van der Waals surface area contributed by atoms with E-state index < -0.39 is 5.60 Å². The number of ketones is 1. The Kier molecular flexibility index (Phi) is 4.32. The van der Waals surface area contributed by atoms with Crippen molar-refractivity contribution in [2.45, 2.75) is 32.3 Å². The quantitative estimate of drug-likeness (QED) is 0.739. The van der Waals surface area contributed by atoms with Crippen LogP contribution in [0.25, 0.3) is 0 Å². The van der Waals surface area contributed by atoms with E-state index in [1.807, 2.05) is 13.8 Å². The SMILES string of the molecule is CCC(CC)(OC)C(=O)c1ccc(Cl)s1. The number of methoxy groups -OCH3 is 1. The fourth-order valence-electron chi connectivity index (χ4n) is 1.61. The van der Waals surface area contributed by atoms with Crippen LogP contribution in [0.4, 0.5) is 0 Å². The van der Waals surface area contributed by atoms with Gasteiger partial charge in [-0.05, 0) is 25.0 Å². The van der Waals surface area contributed by atoms with Gasteiger partial charge in [0.25, 0.3) is 0 Å². The van der Waals surface area contributed by atoms with Crippen molar-refractivity contribution in [2.24, 2.45) is 0 Å². The van der Waals surface area contributed by atoms with Crippen LogP contribution in [-0.2, 0) is 4.74 Å². The molecule has 0 aliphatic carbocycles. The third-order valence-electron chi connectivity index (χ3n) is 2.74. The molecule has 1 aromatic rings. The molecule has 1 rings (SSSR count). The summed E-state index contributed by atoms with van der Waals surface area (Å²) in [6.07, 6.45) is 1.35. The average molecular weight is 247 g/mol. The fraction of sp³-hybridized carbons (Fsp3) is 0.545. The summed E-state index contributed by atoms with van der Waals surface area (Å²) in [6.45, 7) is 3.92. The molecule has 1 aromatic heterocycles. The minimum atomic E-state index is -0.686. The van der Waals surface area contributed by atoms with Crippen molar-refractivity contribution in [1.82, 2.24) is 0 Å². The number of thiophene rings is 1. The van der Waals surface area contributed by atoms with Crippen LogP contribution >= 0.6 is 22.9 Å². The number of carbonyl (C=O) groups is 1. The maximum Gasteiger partial charge on any atom is 0.204 e. The van der Waals surface area contributed by atoms with Crippen molar-refractivity contribution >= 4 is 28.7 Å². The summed E-state index contributed by atoms with van der Waals surface area (Å²) in [5, 5.41) is 0. The largest absolute Gasteiger partial charge is 0.370 e. The van der Waals surface area contributed by atoms with E-state index >= 15 is 0 Å². The van der Waals surface area contributed by atoms with E-state index in [1.165, 1.54) is 11.3 Å². The van der Waals surface area contributed by atoms with Crippen LogP contribution in [0.5, 0.6) is 0 Å². The third-order valence-corrected chi connectivity index (χ3v) is 3.97. The number of hydrogen-bond acceptors (Lipinski definition) is 3. The van der Waals surface area contributed by atoms with E-state index in [2.05, 4.69) is 0 Å². The van der Waals surface area contributed by atoms with Gasteiger partial charge in [0, 0.05) is 7.11 Å².